The lowest BCUT2D eigenvalue weighted by molar-refractivity contribution is -0.137. The fourth-order valence-electron chi connectivity index (χ4n) is 5.24. The average molecular weight is 615 g/mol. The highest BCUT2D eigenvalue weighted by molar-refractivity contribution is 6.04. The molecule has 1 N–H and O–H groups in total. The molecule has 4 heterocycles. The smallest absolute Gasteiger partial charge is 0.416 e. The fourth-order valence-corrected chi connectivity index (χ4v) is 5.24. The number of nitrogens with one attached hydrogen (secondary N) is 1. The van der Waals surface area contributed by atoms with E-state index in [0.717, 1.165) is 60.5 Å². The highest BCUT2D eigenvalue weighted by Gasteiger charge is 2.30. The molecule has 45 heavy (non-hydrogen) atoms. The van der Waals surface area contributed by atoms with Gasteiger partial charge in [0.25, 0.3) is 11.8 Å². The van der Waals surface area contributed by atoms with E-state index in [1.54, 1.807) is 24.4 Å². The topological polar surface area (TPSA) is 92.6 Å². The molecule has 2 amide bonds. The molecular formula is C33H29F3N6O3. The first-order chi connectivity index (χ1) is 21.6. The maximum absolute atomic E-state index is 13.4. The zero-order valence-electron chi connectivity index (χ0n) is 24.3. The molecule has 1 aliphatic heterocycles. The summed E-state index contributed by atoms with van der Waals surface area (Å²) in [6.45, 7) is 3.57. The van der Waals surface area contributed by atoms with E-state index in [2.05, 4.69) is 20.2 Å². The van der Waals surface area contributed by atoms with Crippen molar-refractivity contribution < 1.29 is 27.5 Å². The van der Waals surface area contributed by atoms with Gasteiger partial charge in [0.15, 0.2) is 0 Å². The van der Waals surface area contributed by atoms with Crippen LogP contribution in [0.1, 0.15) is 32.1 Å². The fraction of sp³-hybridized carbons (Fsp3) is 0.212. The molecule has 1 saturated heterocycles. The molecule has 3 aromatic heterocycles. The Labute approximate surface area is 256 Å². The molecule has 230 valence electrons. The quantitative estimate of drug-likeness (QED) is 0.242. The van der Waals surface area contributed by atoms with Crippen LogP contribution >= 0.6 is 0 Å². The van der Waals surface area contributed by atoms with Crippen molar-refractivity contribution in [2.75, 3.05) is 31.5 Å². The van der Waals surface area contributed by atoms with Crippen molar-refractivity contribution in [3.63, 3.8) is 0 Å². The molecule has 5 aromatic rings. The first kappa shape index (κ1) is 29.8. The summed E-state index contributed by atoms with van der Waals surface area (Å²) in [5, 5.41) is 3.45. The van der Waals surface area contributed by atoms with Gasteiger partial charge in [-0.25, -0.2) is 4.98 Å². The van der Waals surface area contributed by atoms with Gasteiger partial charge in [0.1, 0.15) is 11.4 Å². The number of alkyl halides is 3. The number of hydrogen-bond acceptors (Lipinski definition) is 6. The van der Waals surface area contributed by atoms with Crippen LogP contribution in [0.5, 0.6) is 11.6 Å². The van der Waals surface area contributed by atoms with Gasteiger partial charge in [-0.05, 0) is 66.7 Å². The molecule has 0 radical (unpaired) electrons. The minimum Gasteiger partial charge on any atom is -0.439 e. The van der Waals surface area contributed by atoms with Crippen molar-refractivity contribution in [3.05, 3.63) is 114 Å². The summed E-state index contributed by atoms with van der Waals surface area (Å²) in [4.78, 5) is 38.7. The average Bonchev–Trinajstić information content (AvgIpc) is 3.37. The van der Waals surface area contributed by atoms with E-state index < -0.39 is 17.6 Å². The minimum atomic E-state index is -4.48. The Balaban J connectivity index is 1.07. The third kappa shape index (κ3) is 6.80. The van der Waals surface area contributed by atoms with Gasteiger partial charge in [-0.3, -0.25) is 19.5 Å². The molecule has 0 atom stereocenters. The van der Waals surface area contributed by atoms with E-state index in [-0.39, 0.29) is 17.4 Å². The molecule has 6 rings (SSSR count). The predicted octanol–water partition coefficient (Wildman–Crippen LogP) is 5.99. The Hall–Kier alpha value is -5.23. The van der Waals surface area contributed by atoms with Gasteiger partial charge in [0.05, 0.1) is 23.1 Å². The Kier molecular flexibility index (Phi) is 8.22. The number of benzene rings is 2. The summed E-state index contributed by atoms with van der Waals surface area (Å²) in [5.41, 5.74) is 2.09. The van der Waals surface area contributed by atoms with Crippen molar-refractivity contribution in [2.45, 2.75) is 12.7 Å². The molecular weight excluding hydrogens is 585 g/mol. The molecule has 2 aromatic carbocycles. The number of ether oxygens (including phenoxy) is 1. The third-order valence-corrected chi connectivity index (χ3v) is 7.70. The van der Waals surface area contributed by atoms with E-state index in [0.29, 0.717) is 30.2 Å². The largest absolute Gasteiger partial charge is 0.439 e. The lowest BCUT2D eigenvalue weighted by Crippen LogP contribution is -2.48. The Bertz CT molecular complexity index is 1820. The van der Waals surface area contributed by atoms with Crippen LogP contribution in [0.25, 0.3) is 10.9 Å². The number of fused-ring (bicyclic) bond motifs is 1. The van der Waals surface area contributed by atoms with E-state index in [4.69, 9.17) is 4.74 Å². The number of piperazine rings is 1. The van der Waals surface area contributed by atoms with E-state index in [9.17, 15) is 22.8 Å². The lowest BCUT2D eigenvalue weighted by Gasteiger charge is -2.34. The Morgan fingerprint density at radius 1 is 0.911 bits per heavy atom. The summed E-state index contributed by atoms with van der Waals surface area (Å²) in [5.74, 6) is 0.205. The number of aryl methyl sites for hydroxylation is 1. The second kappa shape index (κ2) is 12.4. The number of amides is 2. The number of carbonyl (C=O) groups excluding carboxylic acids is 2. The predicted molar refractivity (Wildman–Crippen MR) is 162 cm³/mol. The zero-order chi connectivity index (χ0) is 31.6. The van der Waals surface area contributed by atoms with E-state index in [1.165, 1.54) is 6.20 Å². The molecule has 0 unspecified atom stereocenters. The van der Waals surface area contributed by atoms with Crippen LogP contribution < -0.4 is 10.1 Å². The molecule has 12 heteroatoms. The standard InChI is InChI=1S/C33H29F3N6O3/c1-40-28-11-10-27(45-30-12-9-25(20-38-30)39-31(43)22-5-7-24(8-6-22)33(34,35)36)18-23(28)19-29(40)32(44)42-16-14-41(15-17-42)21-26-4-2-3-13-37-26/h2-13,18-20H,14-17,21H2,1H3,(H,39,43). The Morgan fingerprint density at radius 2 is 1.69 bits per heavy atom. The van der Waals surface area contributed by atoms with Gasteiger partial charge in [0, 0.05) is 68.5 Å². The van der Waals surface area contributed by atoms with Crippen molar-refractivity contribution in [1.29, 1.82) is 0 Å². The van der Waals surface area contributed by atoms with Crippen LogP contribution in [-0.2, 0) is 19.8 Å². The number of rotatable bonds is 7. The zero-order valence-corrected chi connectivity index (χ0v) is 24.3. The van der Waals surface area contributed by atoms with Crippen LogP contribution in [0, 0.1) is 0 Å². The normalized spacial score (nSPS) is 14.0. The van der Waals surface area contributed by atoms with E-state index >= 15 is 0 Å². The molecule has 0 aliphatic carbocycles. The third-order valence-electron chi connectivity index (χ3n) is 7.70. The SMILES string of the molecule is Cn1c(C(=O)N2CCN(Cc3ccccn3)CC2)cc2cc(Oc3ccc(NC(=O)c4ccc(C(F)(F)F)cc4)cn3)ccc21. The first-order valence-electron chi connectivity index (χ1n) is 14.3. The summed E-state index contributed by atoms with van der Waals surface area (Å²) in [6.07, 6.45) is -1.29. The summed E-state index contributed by atoms with van der Waals surface area (Å²) in [6, 6.07) is 20.3. The highest BCUT2D eigenvalue weighted by Crippen LogP contribution is 2.30. The number of hydrogen-bond donors (Lipinski definition) is 1. The van der Waals surface area contributed by atoms with Gasteiger partial charge in [-0.15, -0.1) is 0 Å². The second-order valence-electron chi connectivity index (χ2n) is 10.7. The second-order valence-corrected chi connectivity index (χ2v) is 10.7. The van der Waals surface area contributed by atoms with E-state index in [1.807, 2.05) is 52.9 Å². The number of carbonyl (C=O) groups is 2. The van der Waals surface area contributed by atoms with Gasteiger partial charge >= 0.3 is 6.18 Å². The minimum absolute atomic E-state index is 0.0238. The molecule has 9 nitrogen and oxygen atoms in total. The highest BCUT2D eigenvalue weighted by atomic mass is 19.4. The number of aromatic nitrogens is 3. The van der Waals surface area contributed by atoms with Gasteiger partial charge in [0.2, 0.25) is 5.88 Å². The molecule has 0 spiro atoms. The summed E-state index contributed by atoms with van der Waals surface area (Å²) in [7, 11) is 1.87. The maximum atomic E-state index is 13.4. The number of halogens is 3. The van der Waals surface area contributed by atoms with Crippen molar-refractivity contribution in [1.82, 2.24) is 24.3 Å². The monoisotopic (exact) mass is 614 g/mol. The van der Waals surface area contributed by atoms with Crippen LogP contribution in [0.4, 0.5) is 18.9 Å². The van der Waals surface area contributed by atoms with Crippen molar-refractivity contribution in [2.24, 2.45) is 7.05 Å². The Morgan fingerprint density at radius 3 is 2.36 bits per heavy atom. The van der Waals surface area contributed by atoms with Crippen LogP contribution in [-0.4, -0.2) is 62.3 Å². The number of nitrogens with zero attached hydrogens (tertiary/aromatic N) is 5. The maximum Gasteiger partial charge on any atom is 0.416 e. The molecule has 0 saturated carbocycles. The van der Waals surface area contributed by atoms with Crippen molar-refractivity contribution >= 4 is 28.4 Å². The molecule has 1 fully saturated rings. The lowest BCUT2D eigenvalue weighted by atomic mass is 10.1. The number of anilines is 1. The molecule has 1 aliphatic rings. The van der Waals surface area contributed by atoms with Gasteiger partial charge in [-0.1, -0.05) is 6.07 Å². The van der Waals surface area contributed by atoms with Crippen LogP contribution in [0.3, 0.4) is 0 Å². The molecule has 0 bridgehead atoms. The first-order valence-corrected chi connectivity index (χ1v) is 14.3. The number of pyridine rings is 2. The van der Waals surface area contributed by atoms with Gasteiger partial charge in [-0.2, -0.15) is 13.2 Å². The summed E-state index contributed by atoms with van der Waals surface area (Å²) >= 11 is 0. The van der Waals surface area contributed by atoms with Crippen molar-refractivity contribution in [3.8, 4) is 11.6 Å². The summed E-state index contributed by atoms with van der Waals surface area (Å²) < 4.78 is 46.2. The van der Waals surface area contributed by atoms with Crippen LogP contribution in [0.15, 0.2) is 91.3 Å². The van der Waals surface area contributed by atoms with Gasteiger partial charge < -0.3 is 19.5 Å². The van der Waals surface area contributed by atoms with Crippen LogP contribution in [0.2, 0.25) is 0 Å².